The maximum atomic E-state index is 10.6. The molecule has 0 fully saturated rings. The second-order valence-electron chi connectivity index (χ2n) is 6.81. The Morgan fingerprint density at radius 1 is 1.04 bits per heavy atom. The van der Waals surface area contributed by atoms with Crippen molar-refractivity contribution < 1.29 is 14.6 Å². The average molecular weight is 348 g/mol. The molecule has 0 saturated carbocycles. The molecule has 0 saturated heterocycles. The molecule has 0 spiro atoms. The van der Waals surface area contributed by atoms with Crippen LogP contribution in [0, 0.1) is 5.92 Å². The zero-order chi connectivity index (χ0) is 18.5. The highest BCUT2D eigenvalue weighted by atomic mass is 16.5. The van der Waals surface area contributed by atoms with Crippen molar-refractivity contribution in [1.29, 1.82) is 0 Å². The van der Waals surface area contributed by atoms with E-state index in [1.165, 1.54) is 30.4 Å². The van der Waals surface area contributed by atoms with Crippen molar-refractivity contribution in [2.45, 2.75) is 26.2 Å². The Morgan fingerprint density at radius 2 is 1.81 bits per heavy atom. The molecule has 1 aliphatic carbocycles. The summed E-state index contributed by atoms with van der Waals surface area (Å²) in [5.74, 6) is 0.999. The maximum Gasteiger partial charge on any atom is 0.335 e. The molecule has 134 valence electrons. The first kappa shape index (κ1) is 18.0. The second-order valence-corrected chi connectivity index (χ2v) is 6.81. The Morgan fingerprint density at radius 3 is 2.54 bits per heavy atom. The Kier molecular flexibility index (Phi) is 5.57. The van der Waals surface area contributed by atoms with E-state index in [2.05, 4.69) is 25.1 Å². The molecule has 1 atom stereocenters. The SMILES string of the molecule is COc1cccc2c1C[C@H](C)CC2.O=C(O)c1ccc2ccccc2c1. The lowest BCUT2D eigenvalue weighted by molar-refractivity contribution is 0.0697. The van der Waals surface area contributed by atoms with Crippen LogP contribution in [0.2, 0.25) is 0 Å². The van der Waals surface area contributed by atoms with Gasteiger partial charge < -0.3 is 9.84 Å². The fourth-order valence-corrected chi connectivity index (χ4v) is 3.44. The quantitative estimate of drug-likeness (QED) is 0.678. The fraction of sp³-hybridized carbons (Fsp3) is 0.261. The van der Waals surface area contributed by atoms with Crippen LogP contribution in [0.5, 0.6) is 5.75 Å². The van der Waals surface area contributed by atoms with Crippen LogP contribution in [0.25, 0.3) is 10.8 Å². The second kappa shape index (κ2) is 8.05. The Bertz CT molecular complexity index is 900. The van der Waals surface area contributed by atoms with E-state index in [4.69, 9.17) is 9.84 Å². The van der Waals surface area contributed by atoms with E-state index in [9.17, 15) is 4.79 Å². The number of fused-ring (bicyclic) bond motifs is 2. The van der Waals surface area contributed by atoms with E-state index in [0.29, 0.717) is 5.56 Å². The number of rotatable bonds is 2. The Labute approximate surface area is 154 Å². The summed E-state index contributed by atoms with van der Waals surface area (Å²) in [6, 6.07) is 19.2. The number of carbonyl (C=O) groups is 1. The summed E-state index contributed by atoms with van der Waals surface area (Å²) >= 11 is 0. The third-order valence-corrected chi connectivity index (χ3v) is 4.91. The molecule has 0 bridgehead atoms. The number of aryl methyl sites for hydroxylation is 1. The van der Waals surface area contributed by atoms with Crippen molar-refractivity contribution in [2.24, 2.45) is 5.92 Å². The lowest BCUT2D eigenvalue weighted by Gasteiger charge is -2.23. The summed E-state index contributed by atoms with van der Waals surface area (Å²) in [5.41, 5.74) is 3.25. The summed E-state index contributed by atoms with van der Waals surface area (Å²) in [4.78, 5) is 10.6. The van der Waals surface area contributed by atoms with Crippen LogP contribution in [-0.4, -0.2) is 18.2 Å². The lowest BCUT2D eigenvalue weighted by Crippen LogP contribution is -2.12. The van der Waals surface area contributed by atoms with Crippen molar-refractivity contribution in [3.05, 3.63) is 77.4 Å². The van der Waals surface area contributed by atoms with E-state index in [1.54, 1.807) is 19.2 Å². The summed E-state index contributed by atoms with van der Waals surface area (Å²) in [6.45, 7) is 2.31. The van der Waals surface area contributed by atoms with E-state index < -0.39 is 5.97 Å². The standard InChI is InChI=1S/C12H16O.C11H8O2/c1-9-6-7-10-4-3-5-12(13-2)11(10)8-9;12-11(13)10-6-5-8-3-1-2-4-9(8)7-10/h3-5,9H,6-8H2,1-2H3;1-7H,(H,12,13)/t9-;/m1./s1. The van der Waals surface area contributed by atoms with E-state index in [0.717, 1.165) is 22.4 Å². The highest BCUT2D eigenvalue weighted by Crippen LogP contribution is 2.31. The van der Waals surface area contributed by atoms with Crippen LogP contribution in [0.4, 0.5) is 0 Å². The van der Waals surface area contributed by atoms with Gasteiger partial charge >= 0.3 is 5.97 Å². The van der Waals surface area contributed by atoms with Crippen molar-refractivity contribution in [1.82, 2.24) is 0 Å². The van der Waals surface area contributed by atoms with Gasteiger partial charge in [0.25, 0.3) is 0 Å². The average Bonchev–Trinajstić information content (AvgIpc) is 2.67. The minimum Gasteiger partial charge on any atom is -0.496 e. The molecule has 1 N–H and O–H groups in total. The fourth-order valence-electron chi connectivity index (χ4n) is 3.44. The Balaban J connectivity index is 0.000000151. The van der Waals surface area contributed by atoms with Gasteiger partial charge in [0.05, 0.1) is 12.7 Å². The molecule has 4 rings (SSSR count). The topological polar surface area (TPSA) is 46.5 Å². The summed E-state index contributed by atoms with van der Waals surface area (Å²) < 4.78 is 5.36. The number of hydrogen-bond donors (Lipinski definition) is 1. The molecule has 26 heavy (non-hydrogen) atoms. The third kappa shape index (κ3) is 4.05. The predicted octanol–water partition coefficient (Wildman–Crippen LogP) is 5.36. The number of methoxy groups -OCH3 is 1. The number of carboxylic acids is 1. The molecule has 3 heteroatoms. The minimum atomic E-state index is -0.884. The van der Waals surface area contributed by atoms with Crippen molar-refractivity contribution >= 4 is 16.7 Å². The van der Waals surface area contributed by atoms with Gasteiger partial charge in [0, 0.05) is 0 Å². The number of benzene rings is 3. The molecule has 0 radical (unpaired) electrons. The number of ether oxygens (including phenoxy) is 1. The highest BCUT2D eigenvalue weighted by Gasteiger charge is 2.17. The molecule has 0 aromatic heterocycles. The Hall–Kier alpha value is -2.81. The molecule has 0 amide bonds. The molecule has 3 nitrogen and oxygen atoms in total. The van der Waals surface area contributed by atoms with E-state index in [-0.39, 0.29) is 0 Å². The molecule has 0 unspecified atom stereocenters. The van der Waals surface area contributed by atoms with Gasteiger partial charge in [-0.3, -0.25) is 0 Å². The van der Waals surface area contributed by atoms with E-state index >= 15 is 0 Å². The molecule has 1 aliphatic rings. The molecule has 3 aromatic rings. The number of carboxylic acid groups (broad SMARTS) is 1. The molecular weight excluding hydrogens is 324 g/mol. The van der Waals surface area contributed by atoms with Crippen LogP contribution in [-0.2, 0) is 12.8 Å². The number of hydrogen-bond acceptors (Lipinski definition) is 2. The largest absolute Gasteiger partial charge is 0.496 e. The molecular formula is C23H24O3. The minimum absolute atomic E-state index is 0.332. The van der Waals surface area contributed by atoms with Gasteiger partial charge in [-0.05, 0) is 65.3 Å². The van der Waals surface area contributed by atoms with Crippen LogP contribution >= 0.6 is 0 Å². The smallest absolute Gasteiger partial charge is 0.335 e. The van der Waals surface area contributed by atoms with Crippen molar-refractivity contribution in [2.75, 3.05) is 7.11 Å². The monoisotopic (exact) mass is 348 g/mol. The van der Waals surface area contributed by atoms with Gasteiger partial charge in [-0.15, -0.1) is 0 Å². The first-order valence-electron chi connectivity index (χ1n) is 8.95. The molecule has 3 aromatic carbocycles. The third-order valence-electron chi connectivity index (χ3n) is 4.91. The maximum absolute atomic E-state index is 10.6. The van der Waals surface area contributed by atoms with Gasteiger partial charge in [0.15, 0.2) is 0 Å². The zero-order valence-electron chi connectivity index (χ0n) is 15.2. The summed E-state index contributed by atoms with van der Waals surface area (Å²) in [6.07, 6.45) is 3.72. The van der Waals surface area contributed by atoms with Gasteiger partial charge in [-0.25, -0.2) is 4.79 Å². The van der Waals surface area contributed by atoms with Gasteiger partial charge in [-0.1, -0.05) is 49.4 Å². The number of aromatic carboxylic acids is 1. The summed E-state index contributed by atoms with van der Waals surface area (Å²) in [7, 11) is 1.76. The predicted molar refractivity (Wildman–Crippen MR) is 105 cm³/mol. The van der Waals surface area contributed by atoms with Gasteiger partial charge in [0.1, 0.15) is 5.75 Å². The lowest BCUT2D eigenvalue weighted by atomic mass is 9.84. The molecule has 0 aliphatic heterocycles. The van der Waals surface area contributed by atoms with Crippen molar-refractivity contribution in [3.63, 3.8) is 0 Å². The van der Waals surface area contributed by atoms with Gasteiger partial charge in [-0.2, -0.15) is 0 Å². The zero-order valence-corrected chi connectivity index (χ0v) is 15.2. The van der Waals surface area contributed by atoms with Crippen LogP contribution in [0.15, 0.2) is 60.7 Å². The van der Waals surface area contributed by atoms with Crippen LogP contribution < -0.4 is 4.74 Å². The van der Waals surface area contributed by atoms with Crippen LogP contribution in [0.3, 0.4) is 0 Å². The molecule has 0 heterocycles. The first-order chi connectivity index (χ1) is 12.6. The van der Waals surface area contributed by atoms with E-state index in [1.807, 2.05) is 30.3 Å². The van der Waals surface area contributed by atoms with Crippen molar-refractivity contribution in [3.8, 4) is 5.75 Å². The normalized spacial score (nSPS) is 15.5. The van der Waals surface area contributed by atoms with Gasteiger partial charge in [0.2, 0.25) is 0 Å². The summed E-state index contributed by atoms with van der Waals surface area (Å²) in [5, 5.41) is 10.8. The highest BCUT2D eigenvalue weighted by molar-refractivity contribution is 5.94. The first-order valence-corrected chi connectivity index (χ1v) is 8.95. The van der Waals surface area contributed by atoms with Crippen LogP contribution in [0.1, 0.15) is 34.8 Å².